The van der Waals surface area contributed by atoms with Crippen LogP contribution < -0.4 is 0 Å². The van der Waals surface area contributed by atoms with Crippen molar-refractivity contribution in [2.75, 3.05) is 5.33 Å². The van der Waals surface area contributed by atoms with E-state index in [0.29, 0.717) is 10.8 Å². The molecular weight excluding hydrogens is 416 g/mol. The summed E-state index contributed by atoms with van der Waals surface area (Å²) in [6.45, 7) is 10.0. The van der Waals surface area contributed by atoms with Gasteiger partial charge in [0.05, 0.1) is 6.10 Å². The molecule has 4 rings (SSSR count). The number of rotatable bonds is 6. The molecular formula is C27H45BrO. The summed E-state index contributed by atoms with van der Waals surface area (Å²) in [6.07, 6.45) is 17.0. The van der Waals surface area contributed by atoms with Gasteiger partial charge in [0.1, 0.15) is 0 Å². The summed E-state index contributed by atoms with van der Waals surface area (Å²) in [5.74, 6) is 5.35. The Morgan fingerprint density at radius 3 is 2.59 bits per heavy atom. The predicted molar refractivity (Wildman–Crippen MR) is 127 cm³/mol. The third kappa shape index (κ3) is 3.81. The Balaban J connectivity index is 1.51. The molecule has 1 nitrogen and oxygen atoms in total. The van der Waals surface area contributed by atoms with Gasteiger partial charge < -0.3 is 5.11 Å². The maximum absolute atomic E-state index is 10.3. The molecule has 2 heteroatoms. The van der Waals surface area contributed by atoms with Crippen molar-refractivity contribution in [1.29, 1.82) is 0 Å². The third-order valence-electron chi connectivity index (χ3n) is 10.2. The summed E-state index contributed by atoms with van der Waals surface area (Å²) >= 11 is 3.96. The largest absolute Gasteiger partial charge is 0.393 e. The Kier molecular flexibility index (Phi) is 6.64. The Hall–Kier alpha value is 0.180. The summed E-state index contributed by atoms with van der Waals surface area (Å²) in [7, 11) is 0. The van der Waals surface area contributed by atoms with Gasteiger partial charge in [-0.2, -0.15) is 0 Å². The lowest BCUT2D eigenvalue weighted by Gasteiger charge is -2.59. The van der Waals surface area contributed by atoms with Crippen LogP contribution in [0, 0.1) is 46.3 Å². The SMILES string of the molecule is CC(C)CCC[C@@H](C)[C@H]1CC[C@H]2[C@@H]3CC=C4C[C@@H](O)CC[C@]4(C[76Br])[C@H]3CC[C@]12C. The smallest absolute Gasteiger partial charge is 0.0577 e. The molecule has 0 aromatic carbocycles. The van der Waals surface area contributed by atoms with E-state index in [1.165, 1.54) is 57.8 Å². The van der Waals surface area contributed by atoms with Crippen LogP contribution in [0.3, 0.4) is 0 Å². The van der Waals surface area contributed by atoms with Gasteiger partial charge in [-0.15, -0.1) is 0 Å². The molecule has 0 aromatic heterocycles. The highest BCUT2D eigenvalue weighted by atomic mass is 75.9. The van der Waals surface area contributed by atoms with E-state index in [1.807, 2.05) is 0 Å². The highest BCUT2D eigenvalue weighted by Crippen LogP contribution is 2.67. The quantitative estimate of drug-likeness (QED) is 0.316. The van der Waals surface area contributed by atoms with Crippen LogP contribution in [0.4, 0.5) is 0 Å². The zero-order valence-electron chi connectivity index (χ0n) is 19.4. The van der Waals surface area contributed by atoms with E-state index in [0.717, 1.165) is 53.7 Å². The molecule has 8 atom stereocenters. The molecule has 0 radical (unpaired) electrons. The number of aliphatic hydroxyl groups is 1. The fourth-order valence-electron chi connectivity index (χ4n) is 8.71. The third-order valence-corrected chi connectivity index (χ3v) is 11.2. The maximum atomic E-state index is 10.3. The molecule has 0 saturated heterocycles. The Morgan fingerprint density at radius 1 is 1.07 bits per heavy atom. The first kappa shape index (κ1) is 22.4. The number of hydrogen-bond acceptors (Lipinski definition) is 1. The highest BCUT2D eigenvalue weighted by molar-refractivity contribution is 9.09. The van der Waals surface area contributed by atoms with Gasteiger partial charge in [0.15, 0.2) is 0 Å². The number of fused-ring (bicyclic) bond motifs is 5. The minimum atomic E-state index is -0.0959. The van der Waals surface area contributed by atoms with Crippen LogP contribution in [0.5, 0.6) is 0 Å². The van der Waals surface area contributed by atoms with Crippen molar-refractivity contribution < 1.29 is 5.11 Å². The topological polar surface area (TPSA) is 20.2 Å². The lowest BCUT2D eigenvalue weighted by molar-refractivity contribution is -0.0553. The average molecular weight is 462 g/mol. The van der Waals surface area contributed by atoms with Crippen molar-refractivity contribution in [3.05, 3.63) is 11.6 Å². The standard InChI is InChI=1S/C27H45BrO/c1-18(2)6-5-7-19(3)23-10-11-24-22-9-8-20-16-21(29)12-15-27(20,17-28)25(22)13-14-26(23,24)4/h8,18-19,21-25,29H,5-7,9-17H2,1-4H3/t19-,21+,22+,23-,24+,25+,26-,27-/m1/s1/i28-4. The number of aliphatic hydroxyl groups excluding tert-OH is 1. The summed E-state index contributed by atoms with van der Waals surface area (Å²) < 4.78 is 0. The molecule has 3 saturated carbocycles. The number of hydrogen-bond donors (Lipinski definition) is 1. The average Bonchev–Trinajstić information content (AvgIpc) is 3.04. The van der Waals surface area contributed by atoms with Gasteiger partial charge in [-0.05, 0) is 92.3 Å². The Bertz CT molecular complexity index is 612. The van der Waals surface area contributed by atoms with Gasteiger partial charge in [-0.25, -0.2) is 0 Å². The van der Waals surface area contributed by atoms with Crippen LogP contribution in [0.15, 0.2) is 11.6 Å². The molecule has 0 heterocycles. The van der Waals surface area contributed by atoms with E-state index in [-0.39, 0.29) is 6.10 Å². The molecule has 0 unspecified atom stereocenters. The lowest BCUT2D eigenvalue weighted by Crippen LogP contribution is -2.52. The monoisotopic (exact) mass is 461 g/mol. The molecule has 4 aliphatic rings. The number of alkyl halides is 1. The molecule has 4 aliphatic carbocycles. The van der Waals surface area contributed by atoms with Crippen molar-refractivity contribution >= 4 is 15.9 Å². The van der Waals surface area contributed by atoms with Crippen LogP contribution in [-0.2, 0) is 0 Å². The molecule has 166 valence electrons. The van der Waals surface area contributed by atoms with Crippen LogP contribution >= 0.6 is 15.9 Å². The predicted octanol–water partition coefficient (Wildman–Crippen LogP) is 7.76. The van der Waals surface area contributed by atoms with Crippen LogP contribution in [0.25, 0.3) is 0 Å². The summed E-state index contributed by atoms with van der Waals surface area (Å²) in [4.78, 5) is 0. The van der Waals surface area contributed by atoms with Crippen molar-refractivity contribution in [3.63, 3.8) is 0 Å². The molecule has 0 amide bonds. The van der Waals surface area contributed by atoms with E-state index >= 15 is 0 Å². The van der Waals surface area contributed by atoms with Crippen molar-refractivity contribution in [2.45, 2.75) is 104 Å². The van der Waals surface area contributed by atoms with Gasteiger partial charge in [-0.1, -0.05) is 74.5 Å². The normalized spacial score (nSPS) is 45.3. The first-order valence-electron chi connectivity index (χ1n) is 12.8. The summed E-state index contributed by atoms with van der Waals surface area (Å²) in [5.41, 5.74) is 2.53. The number of halogens is 1. The van der Waals surface area contributed by atoms with Gasteiger partial charge in [0.25, 0.3) is 0 Å². The minimum absolute atomic E-state index is 0.0959. The highest BCUT2D eigenvalue weighted by Gasteiger charge is 2.59. The van der Waals surface area contributed by atoms with E-state index in [2.05, 4.69) is 49.7 Å². The van der Waals surface area contributed by atoms with Crippen LogP contribution in [-0.4, -0.2) is 16.5 Å². The summed E-state index contributed by atoms with van der Waals surface area (Å²) in [5, 5.41) is 11.4. The fraction of sp³-hybridized carbons (Fsp3) is 0.926. The number of allylic oxidation sites excluding steroid dienone is 1. The molecule has 1 N–H and O–H groups in total. The lowest BCUT2D eigenvalue weighted by atomic mass is 9.47. The minimum Gasteiger partial charge on any atom is -0.393 e. The van der Waals surface area contributed by atoms with Crippen molar-refractivity contribution in [2.24, 2.45) is 46.3 Å². The molecule has 0 bridgehead atoms. The van der Waals surface area contributed by atoms with Crippen molar-refractivity contribution in [3.8, 4) is 0 Å². The fourth-order valence-corrected chi connectivity index (χ4v) is 9.77. The second-order valence-electron chi connectivity index (χ2n) is 12.1. The van der Waals surface area contributed by atoms with Gasteiger partial charge in [0, 0.05) is 10.7 Å². The molecule has 0 aromatic rings. The molecule has 0 spiro atoms. The van der Waals surface area contributed by atoms with Gasteiger partial charge >= 0.3 is 0 Å². The first-order valence-corrected chi connectivity index (χ1v) is 13.9. The summed E-state index contributed by atoms with van der Waals surface area (Å²) in [6, 6.07) is 0. The molecule has 0 aliphatic heterocycles. The second-order valence-corrected chi connectivity index (χ2v) is 12.6. The van der Waals surface area contributed by atoms with Gasteiger partial charge in [0.2, 0.25) is 0 Å². The van der Waals surface area contributed by atoms with Gasteiger partial charge in [-0.3, -0.25) is 0 Å². The Labute approximate surface area is 188 Å². The zero-order chi connectivity index (χ0) is 20.8. The zero-order valence-corrected chi connectivity index (χ0v) is 21.0. The van der Waals surface area contributed by atoms with E-state index in [4.69, 9.17) is 0 Å². The van der Waals surface area contributed by atoms with Crippen molar-refractivity contribution in [1.82, 2.24) is 0 Å². The maximum Gasteiger partial charge on any atom is 0.0577 e. The van der Waals surface area contributed by atoms with E-state index in [9.17, 15) is 5.11 Å². The molecule has 29 heavy (non-hydrogen) atoms. The molecule has 3 fully saturated rings. The van der Waals surface area contributed by atoms with E-state index < -0.39 is 0 Å². The second kappa shape index (κ2) is 8.61. The van der Waals surface area contributed by atoms with E-state index in [1.54, 1.807) is 5.57 Å². The van der Waals surface area contributed by atoms with Crippen LogP contribution in [0.1, 0.15) is 98.3 Å². The van der Waals surface area contributed by atoms with Crippen LogP contribution in [0.2, 0.25) is 0 Å². The Morgan fingerprint density at radius 2 is 1.86 bits per heavy atom. The first-order chi connectivity index (χ1) is 13.8.